The molecule has 0 aliphatic carbocycles. The number of hydrogen-bond donors (Lipinski definition) is 1. The number of aliphatic imine (C=N–C) groups is 1. The fourth-order valence-electron chi connectivity index (χ4n) is 4.19. The van der Waals surface area contributed by atoms with Gasteiger partial charge in [-0.05, 0) is 59.8 Å². The van der Waals surface area contributed by atoms with E-state index in [-0.39, 0.29) is 17.0 Å². The monoisotopic (exact) mass is 513 g/mol. The van der Waals surface area contributed by atoms with Gasteiger partial charge in [0.15, 0.2) is 9.84 Å². The normalized spacial score (nSPS) is 25.1. The highest BCUT2D eigenvalue weighted by atomic mass is 32.2. The van der Waals surface area contributed by atoms with Crippen molar-refractivity contribution in [1.82, 2.24) is 4.90 Å². The minimum Gasteiger partial charge on any atom is -0.464 e. The fraction of sp³-hybridized carbons (Fsp3) is 0.571. The highest BCUT2D eigenvalue weighted by molar-refractivity contribution is 7.99. The van der Waals surface area contributed by atoms with Crippen LogP contribution in [0, 0.1) is 10.1 Å². The van der Waals surface area contributed by atoms with E-state index < -0.39 is 53.9 Å². The number of imide groups is 1. The lowest BCUT2D eigenvalue weighted by molar-refractivity contribution is -0.385. The van der Waals surface area contributed by atoms with Gasteiger partial charge in [0.2, 0.25) is 0 Å². The molecule has 0 saturated carbocycles. The first-order valence-corrected chi connectivity index (χ1v) is 13.0. The average molecular weight is 514 g/mol. The molecular formula is C21H27N3O8S2. The number of carbonyl (C=O) groups excluding carboxylic acids is 1. The zero-order valence-electron chi connectivity index (χ0n) is 19.7. The molecule has 2 heterocycles. The van der Waals surface area contributed by atoms with Crippen LogP contribution in [0.3, 0.4) is 0 Å². The second-order valence-electron chi connectivity index (χ2n) is 9.80. The molecule has 2 amide bonds. The quantitative estimate of drug-likeness (QED) is 0.429. The van der Waals surface area contributed by atoms with Crippen molar-refractivity contribution in [3.63, 3.8) is 0 Å². The number of amidine groups is 1. The van der Waals surface area contributed by atoms with Crippen LogP contribution >= 0.6 is 11.8 Å². The maximum atomic E-state index is 13.9. The van der Waals surface area contributed by atoms with Gasteiger partial charge in [-0.3, -0.25) is 15.1 Å². The topological polar surface area (TPSA) is 156 Å². The van der Waals surface area contributed by atoms with Crippen LogP contribution in [0.5, 0.6) is 0 Å². The summed E-state index contributed by atoms with van der Waals surface area (Å²) in [7, 11) is -4.15. The number of carbonyl (C=O) groups is 2. The number of carboxylic acid groups (broad SMARTS) is 1. The molecule has 1 aromatic rings. The van der Waals surface area contributed by atoms with Crippen molar-refractivity contribution in [2.75, 3.05) is 5.75 Å². The smallest absolute Gasteiger partial charge is 0.425 e. The Morgan fingerprint density at radius 2 is 1.91 bits per heavy atom. The standard InChI is InChI=1S/C21H27N3O8S2/c1-19(2,3)32-18(27)23(17(25)26)16-20(4,5)34(30,31)15-9-10-33-14-8-7-12(24(28)29)11-13(14)21(15,6)22-16/h7-8,11,15H,9-10H2,1-6H3,(H,25,26)/t15-,21+/m0/s1. The van der Waals surface area contributed by atoms with Crippen LogP contribution in [-0.2, 0) is 20.1 Å². The second kappa shape index (κ2) is 8.22. The van der Waals surface area contributed by atoms with Crippen molar-refractivity contribution < 1.29 is 32.8 Å². The van der Waals surface area contributed by atoms with E-state index in [0.717, 1.165) is 0 Å². The number of fused-ring (bicyclic) bond motifs is 3. The lowest BCUT2D eigenvalue weighted by atomic mass is 9.86. The molecule has 0 unspecified atom stereocenters. The number of non-ortho nitro benzene ring substituents is 1. The van der Waals surface area contributed by atoms with Crippen LogP contribution in [0.15, 0.2) is 28.1 Å². The summed E-state index contributed by atoms with van der Waals surface area (Å²) in [5, 5.41) is 20.3. The lowest BCUT2D eigenvalue weighted by Crippen LogP contribution is -2.63. The summed E-state index contributed by atoms with van der Waals surface area (Å²) in [5.41, 5.74) is -2.59. The highest BCUT2D eigenvalue weighted by Gasteiger charge is 2.60. The van der Waals surface area contributed by atoms with Gasteiger partial charge in [-0.2, -0.15) is 4.90 Å². The van der Waals surface area contributed by atoms with Crippen LogP contribution in [-0.4, -0.2) is 62.7 Å². The summed E-state index contributed by atoms with van der Waals surface area (Å²) in [5.74, 6) is -0.0997. The number of thioether (sulfide) groups is 1. The Kier molecular flexibility index (Phi) is 6.27. The van der Waals surface area contributed by atoms with E-state index in [0.29, 0.717) is 16.2 Å². The van der Waals surface area contributed by atoms with Gasteiger partial charge in [-0.25, -0.2) is 18.0 Å². The van der Waals surface area contributed by atoms with Crippen LogP contribution in [0.4, 0.5) is 15.3 Å². The van der Waals surface area contributed by atoms with Crippen molar-refractivity contribution in [2.24, 2.45) is 4.99 Å². The lowest BCUT2D eigenvalue weighted by Gasteiger charge is -2.45. The first kappa shape index (κ1) is 25.9. The molecule has 34 heavy (non-hydrogen) atoms. The third-order valence-corrected chi connectivity index (χ3v) is 10.1. The molecular weight excluding hydrogens is 486 g/mol. The van der Waals surface area contributed by atoms with Crippen LogP contribution in [0.1, 0.15) is 53.5 Å². The molecule has 2 aliphatic heterocycles. The summed E-state index contributed by atoms with van der Waals surface area (Å²) in [6.45, 7) is 8.75. The Labute approximate surface area is 201 Å². The summed E-state index contributed by atoms with van der Waals surface area (Å²) in [6, 6.07) is 4.13. The summed E-state index contributed by atoms with van der Waals surface area (Å²) >= 11 is 1.35. The fourth-order valence-corrected chi connectivity index (χ4v) is 7.82. The Hall–Kier alpha value is -2.67. The van der Waals surface area contributed by atoms with Gasteiger partial charge in [0.05, 0.1) is 10.2 Å². The third kappa shape index (κ3) is 4.15. The van der Waals surface area contributed by atoms with Gasteiger partial charge in [0.25, 0.3) is 5.69 Å². The van der Waals surface area contributed by atoms with E-state index in [4.69, 9.17) is 4.74 Å². The number of nitrogens with zero attached hydrogens (tertiary/aromatic N) is 3. The van der Waals surface area contributed by atoms with E-state index in [1.54, 1.807) is 20.8 Å². The second-order valence-corrected chi connectivity index (χ2v) is 13.6. The van der Waals surface area contributed by atoms with Crippen molar-refractivity contribution in [3.8, 4) is 0 Å². The van der Waals surface area contributed by atoms with Crippen LogP contribution in [0.2, 0.25) is 0 Å². The van der Waals surface area contributed by atoms with Crippen molar-refractivity contribution in [3.05, 3.63) is 33.9 Å². The summed E-state index contributed by atoms with van der Waals surface area (Å²) in [4.78, 5) is 41.4. The van der Waals surface area contributed by atoms with Gasteiger partial charge in [-0.15, -0.1) is 11.8 Å². The number of hydrogen-bond acceptors (Lipinski definition) is 9. The zero-order chi connectivity index (χ0) is 25.9. The molecule has 186 valence electrons. The van der Waals surface area contributed by atoms with Gasteiger partial charge in [-0.1, -0.05) is 0 Å². The average Bonchev–Trinajstić information content (AvgIpc) is 2.81. The Morgan fingerprint density at radius 3 is 2.44 bits per heavy atom. The molecule has 2 atom stereocenters. The van der Waals surface area contributed by atoms with Crippen molar-refractivity contribution in [1.29, 1.82) is 0 Å². The van der Waals surface area contributed by atoms with E-state index in [1.165, 1.54) is 50.7 Å². The minimum absolute atomic E-state index is 0.186. The minimum atomic E-state index is -4.15. The number of nitro groups is 1. The molecule has 1 N–H and O–H groups in total. The predicted molar refractivity (Wildman–Crippen MR) is 126 cm³/mol. The van der Waals surface area contributed by atoms with E-state index >= 15 is 0 Å². The molecule has 3 rings (SSSR count). The molecule has 0 fully saturated rings. The van der Waals surface area contributed by atoms with Crippen molar-refractivity contribution in [2.45, 2.75) is 74.0 Å². The molecule has 0 spiro atoms. The number of nitro benzene ring substituents is 1. The molecule has 0 radical (unpaired) electrons. The number of sulfone groups is 1. The number of amides is 2. The van der Waals surface area contributed by atoms with Crippen molar-refractivity contribution >= 4 is 45.3 Å². The molecule has 11 nitrogen and oxygen atoms in total. The zero-order valence-corrected chi connectivity index (χ0v) is 21.3. The van der Waals surface area contributed by atoms with Gasteiger partial charge in [0, 0.05) is 22.6 Å². The van der Waals surface area contributed by atoms with Crippen LogP contribution in [0.25, 0.3) is 0 Å². The summed E-state index contributed by atoms with van der Waals surface area (Å²) < 4.78 is 31.2. The molecule has 0 aromatic heterocycles. The van der Waals surface area contributed by atoms with E-state index in [9.17, 15) is 33.2 Å². The Balaban J connectivity index is 2.35. The highest BCUT2D eigenvalue weighted by Crippen LogP contribution is 2.50. The predicted octanol–water partition coefficient (Wildman–Crippen LogP) is 4.20. The Bertz CT molecular complexity index is 1200. The number of rotatable bonds is 1. The summed E-state index contributed by atoms with van der Waals surface area (Å²) in [6.07, 6.45) is -2.85. The number of benzene rings is 1. The molecule has 0 bridgehead atoms. The maximum absolute atomic E-state index is 13.9. The first-order chi connectivity index (χ1) is 15.4. The maximum Gasteiger partial charge on any atom is 0.425 e. The molecule has 13 heteroatoms. The van der Waals surface area contributed by atoms with Gasteiger partial charge < -0.3 is 9.84 Å². The van der Waals surface area contributed by atoms with E-state index in [1.807, 2.05) is 0 Å². The van der Waals surface area contributed by atoms with Gasteiger partial charge >= 0.3 is 12.2 Å². The van der Waals surface area contributed by atoms with Crippen LogP contribution < -0.4 is 0 Å². The van der Waals surface area contributed by atoms with Gasteiger partial charge in [0.1, 0.15) is 21.7 Å². The molecule has 0 saturated heterocycles. The SMILES string of the molecule is CC(C)(C)OC(=O)N(C(=O)O)C1=N[C@]2(C)c3cc([N+](=O)[O-])ccc3SCC[C@@H]2S(=O)(=O)C1(C)C. The largest absolute Gasteiger partial charge is 0.464 e. The molecule has 2 aliphatic rings. The number of ether oxygens (including phenoxy) is 1. The Morgan fingerprint density at radius 1 is 1.29 bits per heavy atom. The molecule has 1 aromatic carbocycles. The third-order valence-electron chi connectivity index (χ3n) is 5.93. The van der Waals surface area contributed by atoms with E-state index in [2.05, 4.69) is 4.99 Å². The first-order valence-electron chi connectivity index (χ1n) is 10.4.